The number of aryl methyl sites for hydroxylation is 2. The van der Waals surface area contributed by atoms with Gasteiger partial charge in [0.05, 0.1) is 25.1 Å². The number of aliphatic hydroxyl groups is 1. The Hall–Kier alpha value is -2.41. The third kappa shape index (κ3) is 2.55. The summed E-state index contributed by atoms with van der Waals surface area (Å²) in [6.45, 7) is 6.37. The van der Waals surface area contributed by atoms with E-state index < -0.39 is 0 Å². The summed E-state index contributed by atoms with van der Waals surface area (Å²) < 4.78 is 8.98. The van der Waals surface area contributed by atoms with Crippen molar-refractivity contribution in [2.24, 2.45) is 0 Å². The minimum Gasteiger partial charge on any atom is -0.461 e. The minimum absolute atomic E-state index is 0.00219. The van der Waals surface area contributed by atoms with E-state index in [2.05, 4.69) is 15.2 Å². The Balaban J connectivity index is 2.03. The molecular formula is C15H19N5O2. The van der Waals surface area contributed by atoms with Crippen LogP contribution >= 0.6 is 0 Å². The number of nitrogens with zero attached hydrogens (tertiary/aromatic N) is 5. The van der Waals surface area contributed by atoms with Gasteiger partial charge in [-0.1, -0.05) is 0 Å². The van der Waals surface area contributed by atoms with E-state index in [1.54, 1.807) is 17.0 Å². The van der Waals surface area contributed by atoms with Crippen LogP contribution in [0, 0.1) is 13.8 Å². The fourth-order valence-electron chi connectivity index (χ4n) is 2.58. The first-order valence-electron chi connectivity index (χ1n) is 7.22. The third-order valence-electron chi connectivity index (χ3n) is 3.54. The molecule has 0 amide bonds. The summed E-state index contributed by atoms with van der Waals surface area (Å²) in [5, 5.41) is 18.2. The predicted molar refractivity (Wildman–Crippen MR) is 80.3 cm³/mol. The van der Waals surface area contributed by atoms with Crippen molar-refractivity contribution in [1.29, 1.82) is 0 Å². The van der Waals surface area contributed by atoms with E-state index in [4.69, 9.17) is 4.42 Å². The van der Waals surface area contributed by atoms with Gasteiger partial charge in [-0.3, -0.25) is 4.68 Å². The molecule has 0 aliphatic rings. The summed E-state index contributed by atoms with van der Waals surface area (Å²) in [5.74, 6) is 1.87. The number of aromatic nitrogens is 5. The largest absolute Gasteiger partial charge is 0.461 e. The van der Waals surface area contributed by atoms with Crippen LogP contribution in [0.4, 0.5) is 0 Å². The molecule has 1 atom stereocenters. The Labute approximate surface area is 128 Å². The molecule has 0 aliphatic carbocycles. The summed E-state index contributed by atoms with van der Waals surface area (Å²) in [6.07, 6.45) is 1.59. The maximum Gasteiger partial charge on any atom is 0.217 e. The lowest BCUT2D eigenvalue weighted by atomic mass is 10.3. The molecule has 3 aromatic heterocycles. The Morgan fingerprint density at radius 3 is 2.73 bits per heavy atom. The van der Waals surface area contributed by atoms with Crippen LogP contribution in [-0.2, 0) is 6.54 Å². The monoisotopic (exact) mass is 301 g/mol. The zero-order valence-electron chi connectivity index (χ0n) is 12.9. The maximum atomic E-state index is 9.26. The molecule has 7 nitrogen and oxygen atoms in total. The summed E-state index contributed by atoms with van der Waals surface area (Å²) in [7, 11) is 0. The number of aliphatic hydroxyl groups excluding tert-OH is 1. The second kappa shape index (κ2) is 5.76. The van der Waals surface area contributed by atoms with E-state index in [0.29, 0.717) is 18.1 Å². The predicted octanol–water partition coefficient (Wildman–Crippen LogP) is 1.95. The van der Waals surface area contributed by atoms with Crippen molar-refractivity contribution in [3.63, 3.8) is 0 Å². The Bertz CT molecular complexity index is 757. The zero-order valence-corrected chi connectivity index (χ0v) is 12.9. The Morgan fingerprint density at radius 1 is 1.32 bits per heavy atom. The average molecular weight is 301 g/mol. The van der Waals surface area contributed by atoms with E-state index >= 15 is 0 Å². The molecule has 7 heteroatoms. The van der Waals surface area contributed by atoms with Crippen LogP contribution in [0.1, 0.15) is 30.2 Å². The standard InChI is InChI=1S/C15H19N5O2/c1-10-9-11(2)20(17-10)12(3)15-16-14(13-5-4-8-22-13)18-19(15)6-7-21/h4-5,8-9,12,21H,6-7H2,1-3H3/t12-/m1/s1. The Kier molecular flexibility index (Phi) is 3.81. The summed E-state index contributed by atoms with van der Waals surface area (Å²) in [4.78, 5) is 4.58. The third-order valence-corrected chi connectivity index (χ3v) is 3.54. The van der Waals surface area contributed by atoms with Crippen molar-refractivity contribution >= 4 is 0 Å². The number of hydrogen-bond acceptors (Lipinski definition) is 5. The van der Waals surface area contributed by atoms with Gasteiger partial charge < -0.3 is 9.52 Å². The molecule has 0 spiro atoms. The van der Waals surface area contributed by atoms with Gasteiger partial charge in [0.2, 0.25) is 5.82 Å². The first-order chi connectivity index (χ1) is 10.6. The van der Waals surface area contributed by atoms with Crippen LogP contribution in [0.2, 0.25) is 0 Å². The van der Waals surface area contributed by atoms with E-state index in [1.165, 1.54) is 0 Å². The maximum absolute atomic E-state index is 9.26. The van der Waals surface area contributed by atoms with Crippen molar-refractivity contribution in [3.05, 3.63) is 41.7 Å². The van der Waals surface area contributed by atoms with Crippen molar-refractivity contribution in [2.45, 2.75) is 33.4 Å². The molecule has 1 N–H and O–H groups in total. The van der Waals surface area contributed by atoms with Crippen LogP contribution < -0.4 is 0 Å². The first-order valence-corrected chi connectivity index (χ1v) is 7.22. The second-order valence-electron chi connectivity index (χ2n) is 5.27. The van der Waals surface area contributed by atoms with E-state index in [9.17, 15) is 5.11 Å². The van der Waals surface area contributed by atoms with Crippen LogP contribution in [0.15, 0.2) is 28.9 Å². The topological polar surface area (TPSA) is 81.9 Å². The van der Waals surface area contributed by atoms with Gasteiger partial charge in [-0.15, -0.1) is 5.10 Å². The van der Waals surface area contributed by atoms with Crippen molar-refractivity contribution < 1.29 is 9.52 Å². The molecule has 116 valence electrons. The summed E-state index contributed by atoms with van der Waals surface area (Å²) in [6, 6.07) is 5.55. The average Bonchev–Trinajstić information content (AvgIpc) is 3.18. The highest BCUT2D eigenvalue weighted by molar-refractivity contribution is 5.45. The first kappa shape index (κ1) is 14.5. The van der Waals surface area contributed by atoms with Gasteiger partial charge in [0.1, 0.15) is 6.04 Å². The second-order valence-corrected chi connectivity index (χ2v) is 5.27. The molecule has 3 heterocycles. The molecule has 0 saturated heterocycles. The van der Waals surface area contributed by atoms with Gasteiger partial charge >= 0.3 is 0 Å². The van der Waals surface area contributed by atoms with Gasteiger partial charge in [-0.05, 0) is 39.0 Å². The summed E-state index contributed by atoms with van der Waals surface area (Å²) in [5.41, 5.74) is 2.02. The van der Waals surface area contributed by atoms with Gasteiger partial charge in [0.25, 0.3) is 0 Å². The van der Waals surface area contributed by atoms with Crippen LogP contribution in [0.5, 0.6) is 0 Å². The number of furan rings is 1. The smallest absolute Gasteiger partial charge is 0.217 e. The van der Waals surface area contributed by atoms with Crippen molar-refractivity contribution in [1.82, 2.24) is 24.5 Å². The molecule has 22 heavy (non-hydrogen) atoms. The van der Waals surface area contributed by atoms with Crippen LogP contribution in [0.25, 0.3) is 11.6 Å². The fraction of sp³-hybridized carbons (Fsp3) is 0.400. The number of rotatable bonds is 5. The van der Waals surface area contributed by atoms with Gasteiger partial charge in [-0.2, -0.15) is 5.10 Å². The normalized spacial score (nSPS) is 12.7. The quantitative estimate of drug-likeness (QED) is 0.779. The Morgan fingerprint density at radius 2 is 2.14 bits per heavy atom. The zero-order chi connectivity index (χ0) is 15.7. The van der Waals surface area contributed by atoms with Crippen molar-refractivity contribution in [3.8, 4) is 11.6 Å². The van der Waals surface area contributed by atoms with Crippen molar-refractivity contribution in [2.75, 3.05) is 6.61 Å². The van der Waals surface area contributed by atoms with Gasteiger partial charge in [0.15, 0.2) is 11.6 Å². The molecule has 3 rings (SSSR count). The van der Waals surface area contributed by atoms with Gasteiger partial charge in [0, 0.05) is 5.69 Å². The van der Waals surface area contributed by atoms with Gasteiger partial charge in [-0.25, -0.2) is 9.67 Å². The molecule has 0 fully saturated rings. The highest BCUT2D eigenvalue weighted by Gasteiger charge is 2.21. The molecular weight excluding hydrogens is 282 g/mol. The molecule has 0 unspecified atom stereocenters. The molecule has 0 bridgehead atoms. The van der Waals surface area contributed by atoms with E-state index in [0.717, 1.165) is 17.2 Å². The molecule has 0 saturated carbocycles. The van der Waals surface area contributed by atoms with E-state index in [-0.39, 0.29) is 12.6 Å². The molecule has 3 aromatic rings. The molecule has 0 aromatic carbocycles. The van der Waals surface area contributed by atoms with E-state index in [1.807, 2.05) is 37.6 Å². The molecule has 0 aliphatic heterocycles. The van der Waals surface area contributed by atoms with Crippen LogP contribution in [-0.4, -0.2) is 36.3 Å². The summed E-state index contributed by atoms with van der Waals surface area (Å²) >= 11 is 0. The van der Waals surface area contributed by atoms with Crippen LogP contribution in [0.3, 0.4) is 0 Å². The lowest BCUT2D eigenvalue weighted by Crippen LogP contribution is -2.18. The minimum atomic E-state index is -0.0866. The SMILES string of the molecule is Cc1cc(C)n([C@H](C)c2nc(-c3ccco3)nn2CCO)n1. The fourth-order valence-corrected chi connectivity index (χ4v) is 2.58. The highest BCUT2D eigenvalue weighted by atomic mass is 16.3. The highest BCUT2D eigenvalue weighted by Crippen LogP contribution is 2.22. The lowest BCUT2D eigenvalue weighted by Gasteiger charge is -2.14. The molecule has 0 radical (unpaired) electrons. The number of hydrogen-bond donors (Lipinski definition) is 1. The lowest BCUT2D eigenvalue weighted by molar-refractivity contribution is 0.264.